The van der Waals surface area contributed by atoms with Crippen molar-refractivity contribution < 1.29 is 9.59 Å². The van der Waals surface area contributed by atoms with Crippen LogP contribution in [0.25, 0.3) is 0 Å². The van der Waals surface area contributed by atoms with E-state index in [1.165, 1.54) is 0 Å². The molecule has 0 atom stereocenters. The number of rotatable bonds is 7. The quantitative estimate of drug-likeness (QED) is 0.287. The number of nitrogens with one attached hydrogen (secondary N) is 2. The van der Waals surface area contributed by atoms with Crippen LogP contribution in [0.15, 0.2) is 60.9 Å². The number of piperidine rings is 2. The van der Waals surface area contributed by atoms with Gasteiger partial charge in [-0.15, -0.1) is 0 Å². The summed E-state index contributed by atoms with van der Waals surface area (Å²) in [5.74, 6) is 0.600. The van der Waals surface area contributed by atoms with Gasteiger partial charge in [0.1, 0.15) is 11.5 Å². The highest BCUT2D eigenvalue weighted by molar-refractivity contribution is 6.31. The predicted octanol–water partition coefficient (Wildman–Crippen LogP) is 6.33. The summed E-state index contributed by atoms with van der Waals surface area (Å²) in [6.45, 7) is 12.1. The van der Waals surface area contributed by atoms with Crippen LogP contribution in [0.3, 0.4) is 0 Å². The van der Waals surface area contributed by atoms with Crippen LogP contribution in [-0.4, -0.2) is 63.8 Å². The van der Waals surface area contributed by atoms with Gasteiger partial charge in [0.05, 0.1) is 11.4 Å². The first-order valence-electron chi connectivity index (χ1n) is 15.4. The smallest absolute Gasteiger partial charge is 0.274 e. The van der Waals surface area contributed by atoms with Crippen LogP contribution in [0, 0.1) is 5.92 Å². The van der Waals surface area contributed by atoms with E-state index in [0.717, 1.165) is 69.7 Å². The maximum absolute atomic E-state index is 13.3. The van der Waals surface area contributed by atoms with Crippen molar-refractivity contribution >= 4 is 40.6 Å². The fourth-order valence-electron chi connectivity index (χ4n) is 5.34. The Labute approximate surface area is 261 Å². The molecule has 0 radical (unpaired) electrons. The fraction of sp³-hybridized carbons (Fsp3) is 0.455. The summed E-state index contributed by atoms with van der Waals surface area (Å²) < 4.78 is 0. The number of halogens is 1. The van der Waals surface area contributed by atoms with Crippen molar-refractivity contribution in [3.63, 3.8) is 0 Å². The highest BCUT2D eigenvalue weighted by Crippen LogP contribution is 2.29. The maximum Gasteiger partial charge on any atom is 0.274 e. The largest absolute Gasteiger partial charge is 0.384 e. The lowest BCUT2D eigenvalue weighted by Gasteiger charge is -2.37. The van der Waals surface area contributed by atoms with Crippen molar-refractivity contribution in [1.29, 1.82) is 0 Å². The second-order valence-corrected chi connectivity index (χ2v) is 10.7. The predicted molar refractivity (Wildman–Crippen MR) is 176 cm³/mol. The van der Waals surface area contributed by atoms with Crippen LogP contribution >= 0.6 is 11.6 Å². The van der Waals surface area contributed by atoms with E-state index in [9.17, 15) is 9.59 Å². The number of nitrogens with zero attached hydrogens (tertiary/aromatic N) is 4. The highest BCUT2D eigenvalue weighted by atomic mass is 35.5. The molecular weight excluding hydrogens is 562 g/mol. The Morgan fingerprint density at radius 3 is 2.26 bits per heavy atom. The molecule has 2 saturated heterocycles. The molecule has 2 fully saturated rings. The third-order valence-corrected chi connectivity index (χ3v) is 7.72. The monoisotopic (exact) mass is 607 g/mol. The zero-order valence-corrected chi connectivity index (χ0v) is 26.6. The van der Waals surface area contributed by atoms with Gasteiger partial charge in [0.2, 0.25) is 5.91 Å². The Balaban J connectivity index is 0.00000121. The second kappa shape index (κ2) is 17.4. The normalized spacial score (nSPS) is 15.8. The molecule has 5 rings (SSSR count). The Bertz CT molecular complexity index is 1290. The van der Waals surface area contributed by atoms with Gasteiger partial charge in [0.25, 0.3) is 5.91 Å². The molecule has 0 saturated carbocycles. The molecule has 4 heterocycles. The van der Waals surface area contributed by atoms with Crippen LogP contribution in [-0.2, 0) is 11.3 Å². The zero-order chi connectivity index (χ0) is 31.2. The Kier molecular flexibility index (Phi) is 13.7. The summed E-state index contributed by atoms with van der Waals surface area (Å²) in [6, 6.07) is 14.7. The number of carbonyl (C=O) groups is 2. The number of pyridine rings is 2. The molecule has 2 aromatic heterocycles. The molecule has 9 nitrogen and oxygen atoms in total. The lowest BCUT2D eigenvalue weighted by molar-refractivity contribution is -0.138. The van der Waals surface area contributed by atoms with E-state index in [0.29, 0.717) is 22.2 Å². The van der Waals surface area contributed by atoms with E-state index in [4.69, 9.17) is 17.3 Å². The summed E-state index contributed by atoms with van der Waals surface area (Å²) in [5.41, 5.74) is 8.71. The van der Waals surface area contributed by atoms with E-state index in [-0.39, 0.29) is 23.8 Å². The van der Waals surface area contributed by atoms with Crippen molar-refractivity contribution in [2.24, 2.45) is 5.92 Å². The first-order valence-corrected chi connectivity index (χ1v) is 15.8. The van der Waals surface area contributed by atoms with Gasteiger partial charge < -0.3 is 21.3 Å². The SMILES string of the molecule is CC.CC.Nc1cc(CN2CCC(C(=O)N3CCC(Nc4ccc(Cl)cc4NC(=O)c4ccccn4)CC3)CC2)ccn1. The first kappa shape index (κ1) is 33.8. The van der Waals surface area contributed by atoms with E-state index >= 15 is 0 Å². The summed E-state index contributed by atoms with van der Waals surface area (Å²) in [4.78, 5) is 38.5. The summed E-state index contributed by atoms with van der Waals surface area (Å²) in [5, 5.41) is 7.01. The van der Waals surface area contributed by atoms with Crippen LogP contribution in [0.2, 0.25) is 5.02 Å². The molecule has 2 amide bonds. The number of anilines is 3. The van der Waals surface area contributed by atoms with Gasteiger partial charge in [0, 0.05) is 49.0 Å². The number of benzene rings is 1. The van der Waals surface area contributed by atoms with E-state index in [1.54, 1.807) is 42.7 Å². The molecule has 2 aliphatic rings. The Morgan fingerprint density at radius 2 is 1.60 bits per heavy atom. The summed E-state index contributed by atoms with van der Waals surface area (Å²) in [7, 11) is 0. The minimum atomic E-state index is -0.294. The lowest BCUT2D eigenvalue weighted by atomic mass is 9.93. The Morgan fingerprint density at radius 1 is 0.884 bits per heavy atom. The second-order valence-electron chi connectivity index (χ2n) is 10.2. The van der Waals surface area contributed by atoms with Gasteiger partial charge in [0.15, 0.2) is 0 Å². The molecule has 4 N–H and O–H groups in total. The van der Waals surface area contributed by atoms with Gasteiger partial charge >= 0.3 is 0 Å². The fourth-order valence-corrected chi connectivity index (χ4v) is 5.51. The molecule has 43 heavy (non-hydrogen) atoms. The molecule has 232 valence electrons. The third kappa shape index (κ3) is 9.93. The number of hydrogen-bond acceptors (Lipinski definition) is 7. The number of hydrogen-bond donors (Lipinski definition) is 3. The number of aromatic nitrogens is 2. The molecule has 0 spiro atoms. The molecule has 1 aromatic carbocycles. The Hall–Kier alpha value is -3.69. The summed E-state index contributed by atoms with van der Waals surface area (Å²) >= 11 is 6.22. The topological polar surface area (TPSA) is 116 Å². The molecule has 0 aliphatic carbocycles. The van der Waals surface area contributed by atoms with Gasteiger partial charge in [-0.1, -0.05) is 45.4 Å². The van der Waals surface area contributed by atoms with Crippen molar-refractivity contribution in [2.75, 3.05) is 42.5 Å². The third-order valence-electron chi connectivity index (χ3n) is 7.48. The average molecular weight is 608 g/mol. The molecule has 3 aromatic rings. The van der Waals surface area contributed by atoms with Crippen molar-refractivity contribution in [2.45, 2.75) is 66.0 Å². The van der Waals surface area contributed by atoms with E-state index in [2.05, 4.69) is 25.5 Å². The van der Waals surface area contributed by atoms with Gasteiger partial charge in [-0.3, -0.25) is 19.5 Å². The number of amides is 2. The van der Waals surface area contributed by atoms with Crippen LogP contribution < -0.4 is 16.4 Å². The number of nitrogens with two attached hydrogens (primary N) is 1. The molecule has 0 bridgehead atoms. The van der Waals surface area contributed by atoms with Gasteiger partial charge in [-0.25, -0.2) is 4.98 Å². The standard InChI is InChI=1S/C29H34ClN7O2.2C2H6/c30-22-4-5-24(26(18-22)35-28(38)25-3-1-2-11-32-25)34-23-9-15-37(16-10-23)29(39)21-7-13-36(14-8-21)19-20-6-12-33-27(31)17-20;2*1-2/h1-6,11-12,17-18,21,23,34H,7-10,13-16,19H2,(H2,31,33)(H,35,38);2*1-2H3. The number of likely N-dealkylation sites (tertiary alicyclic amines) is 2. The number of nitrogen functional groups attached to an aromatic ring is 1. The zero-order valence-electron chi connectivity index (χ0n) is 25.9. The first-order chi connectivity index (χ1) is 20.9. The molecule has 10 heteroatoms. The minimum absolute atomic E-state index is 0.0814. The van der Waals surface area contributed by atoms with E-state index in [1.807, 2.05) is 50.8 Å². The molecule has 0 unspecified atom stereocenters. The summed E-state index contributed by atoms with van der Waals surface area (Å²) in [6.07, 6.45) is 6.76. The average Bonchev–Trinajstić information content (AvgIpc) is 3.05. The van der Waals surface area contributed by atoms with Crippen molar-refractivity contribution in [3.05, 3.63) is 77.2 Å². The molecule has 2 aliphatic heterocycles. The maximum atomic E-state index is 13.3. The van der Waals surface area contributed by atoms with Crippen LogP contribution in [0.4, 0.5) is 17.2 Å². The lowest BCUT2D eigenvalue weighted by Crippen LogP contribution is -2.47. The van der Waals surface area contributed by atoms with Crippen LogP contribution in [0.1, 0.15) is 69.4 Å². The highest BCUT2D eigenvalue weighted by Gasteiger charge is 2.31. The minimum Gasteiger partial charge on any atom is -0.384 e. The van der Waals surface area contributed by atoms with E-state index < -0.39 is 0 Å². The molecular formula is C33H46ClN7O2. The van der Waals surface area contributed by atoms with Crippen LogP contribution in [0.5, 0.6) is 0 Å². The van der Waals surface area contributed by atoms with Gasteiger partial charge in [-0.05, 0) is 86.8 Å². The number of carbonyl (C=O) groups excluding carboxylic acids is 2. The van der Waals surface area contributed by atoms with Crippen molar-refractivity contribution in [1.82, 2.24) is 19.8 Å². The van der Waals surface area contributed by atoms with Gasteiger partial charge in [-0.2, -0.15) is 0 Å². The van der Waals surface area contributed by atoms with Crippen molar-refractivity contribution in [3.8, 4) is 0 Å².